The van der Waals surface area contributed by atoms with Crippen molar-refractivity contribution in [1.82, 2.24) is 10.3 Å². The number of amides is 1. The standard InChI is InChI=1S/C16H19N3O/c1-12-14(16(20)18-11-5-10-17)8-9-15(19-12)13-6-3-2-4-7-13/h2-4,6-9H,5,10-11,17H2,1H3,(H,18,20). The molecular weight excluding hydrogens is 250 g/mol. The number of carbonyl (C=O) groups is 1. The van der Waals surface area contributed by atoms with Gasteiger partial charge in [-0.2, -0.15) is 0 Å². The average Bonchev–Trinajstić information content (AvgIpc) is 2.48. The summed E-state index contributed by atoms with van der Waals surface area (Å²) in [5, 5.41) is 2.84. The highest BCUT2D eigenvalue weighted by Gasteiger charge is 2.10. The lowest BCUT2D eigenvalue weighted by molar-refractivity contribution is 0.0952. The third-order valence-corrected chi connectivity index (χ3v) is 3.07. The number of rotatable bonds is 5. The molecule has 3 N–H and O–H groups in total. The Bertz CT molecular complexity index is 582. The monoisotopic (exact) mass is 269 g/mol. The van der Waals surface area contributed by atoms with E-state index in [9.17, 15) is 4.79 Å². The van der Waals surface area contributed by atoms with Crippen LogP contribution in [0.5, 0.6) is 0 Å². The number of pyridine rings is 1. The maximum Gasteiger partial charge on any atom is 0.253 e. The van der Waals surface area contributed by atoms with Gasteiger partial charge in [0.2, 0.25) is 0 Å². The summed E-state index contributed by atoms with van der Waals surface area (Å²) in [7, 11) is 0. The average molecular weight is 269 g/mol. The number of benzene rings is 1. The molecule has 4 heteroatoms. The van der Waals surface area contributed by atoms with E-state index in [0.717, 1.165) is 23.4 Å². The molecular formula is C16H19N3O. The van der Waals surface area contributed by atoms with Crippen LogP contribution in [-0.2, 0) is 0 Å². The summed E-state index contributed by atoms with van der Waals surface area (Å²) in [6.45, 7) is 3.02. The Kier molecular flexibility index (Phi) is 4.85. The molecule has 4 nitrogen and oxygen atoms in total. The summed E-state index contributed by atoms with van der Waals surface area (Å²) in [5.41, 5.74) is 8.67. The van der Waals surface area contributed by atoms with Crippen molar-refractivity contribution < 1.29 is 4.79 Å². The number of hydrogen-bond donors (Lipinski definition) is 2. The fourth-order valence-electron chi connectivity index (χ4n) is 1.97. The maximum absolute atomic E-state index is 12.0. The first-order valence-electron chi connectivity index (χ1n) is 6.73. The van der Waals surface area contributed by atoms with Gasteiger partial charge in [0.1, 0.15) is 0 Å². The van der Waals surface area contributed by atoms with Crippen LogP contribution in [0.1, 0.15) is 22.5 Å². The van der Waals surface area contributed by atoms with Crippen molar-refractivity contribution in [3.8, 4) is 11.3 Å². The summed E-state index contributed by atoms with van der Waals surface area (Å²) in [6.07, 6.45) is 0.778. The van der Waals surface area contributed by atoms with E-state index in [1.807, 2.05) is 49.4 Å². The lowest BCUT2D eigenvalue weighted by Crippen LogP contribution is -2.26. The fourth-order valence-corrected chi connectivity index (χ4v) is 1.97. The number of hydrogen-bond acceptors (Lipinski definition) is 3. The van der Waals surface area contributed by atoms with Crippen LogP contribution in [0.3, 0.4) is 0 Å². The van der Waals surface area contributed by atoms with Crippen LogP contribution in [0.2, 0.25) is 0 Å². The molecule has 0 aliphatic heterocycles. The molecule has 104 valence electrons. The summed E-state index contributed by atoms with van der Waals surface area (Å²) < 4.78 is 0. The molecule has 0 aliphatic carbocycles. The van der Waals surface area contributed by atoms with Crippen molar-refractivity contribution in [3.63, 3.8) is 0 Å². The van der Waals surface area contributed by atoms with E-state index < -0.39 is 0 Å². The van der Waals surface area contributed by atoms with Gasteiger partial charge in [0.05, 0.1) is 17.0 Å². The highest BCUT2D eigenvalue weighted by Crippen LogP contribution is 2.18. The van der Waals surface area contributed by atoms with E-state index in [2.05, 4.69) is 10.3 Å². The summed E-state index contributed by atoms with van der Waals surface area (Å²) >= 11 is 0. The van der Waals surface area contributed by atoms with Gasteiger partial charge in [0.25, 0.3) is 5.91 Å². The van der Waals surface area contributed by atoms with Crippen molar-refractivity contribution in [1.29, 1.82) is 0 Å². The van der Waals surface area contributed by atoms with Gasteiger partial charge in [-0.25, -0.2) is 0 Å². The van der Waals surface area contributed by atoms with Crippen LogP contribution in [0.15, 0.2) is 42.5 Å². The van der Waals surface area contributed by atoms with Crippen LogP contribution in [-0.4, -0.2) is 24.0 Å². The van der Waals surface area contributed by atoms with Gasteiger partial charge in [-0.3, -0.25) is 9.78 Å². The second kappa shape index (κ2) is 6.82. The third kappa shape index (κ3) is 3.42. The molecule has 0 fully saturated rings. The zero-order valence-electron chi connectivity index (χ0n) is 11.6. The van der Waals surface area contributed by atoms with E-state index in [-0.39, 0.29) is 5.91 Å². The van der Waals surface area contributed by atoms with Crippen LogP contribution in [0.25, 0.3) is 11.3 Å². The first-order valence-corrected chi connectivity index (χ1v) is 6.73. The molecule has 0 saturated heterocycles. The Balaban J connectivity index is 2.16. The minimum atomic E-state index is -0.0944. The highest BCUT2D eigenvalue weighted by molar-refractivity contribution is 5.95. The number of nitrogens with one attached hydrogen (secondary N) is 1. The lowest BCUT2D eigenvalue weighted by atomic mass is 10.1. The molecule has 0 saturated carbocycles. The number of aromatic nitrogens is 1. The molecule has 0 radical (unpaired) electrons. The number of aryl methyl sites for hydroxylation is 1. The number of nitrogens with zero attached hydrogens (tertiary/aromatic N) is 1. The molecule has 0 aliphatic rings. The van der Waals surface area contributed by atoms with Crippen LogP contribution in [0, 0.1) is 6.92 Å². The molecule has 20 heavy (non-hydrogen) atoms. The van der Waals surface area contributed by atoms with Crippen molar-refractivity contribution in [2.75, 3.05) is 13.1 Å². The first-order chi connectivity index (χ1) is 9.72. The fraction of sp³-hybridized carbons (Fsp3) is 0.250. The van der Waals surface area contributed by atoms with Gasteiger partial charge >= 0.3 is 0 Å². The van der Waals surface area contributed by atoms with Crippen molar-refractivity contribution >= 4 is 5.91 Å². The van der Waals surface area contributed by atoms with Crippen LogP contribution >= 0.6 is 0 Å². The molecule has 0 bridgehead atoms. The van der Waals surface area contributed by atoms with Crippen LogP contribution in [0.4, 0.5) is 0 Å². The molecule has 1 aromatic carbocycles. The van der Waals surface area contributed by atoms with E-state index in [1.165, 1.54) is 0 Å². The normalized spacial score (nSPS) is 10.3. The van der Waals surface area contributed by atoms with Gasteiger partial charge in [0.15, 0.2) is 0 Å². The van der Waals surface area contributed by atoms with Crippen LogP contribution < -0.4 is 11.1 Å². The summed E-state index contributed by atoms with van der Waals surface area (Å²) in [6, 6.07) is 13.6. The van der Waals surface area contributed by atoms with Crippen molar-refractivity contribution in [2.24, 2.45) is 5.73 Å². The SMILES string of the molecule is Cc1nc(-c2ccccc2)ccc1C(=O)NCCCN. The number of nitrogens with two attached hydrogens (primary N) is 1. The van der Waals surface area contributed by atoms with E-state index in [1.54, 1.807) is 0 Å². The second-order valence-electron chi connectivity index (χ2n) is 4.59. The molecule has 2 aromatic rings. The van der Waals surface area contributed by atoms with E-state index in [0.29, 0.717) is 18.7 Å². The Morgan fingerprint density at radius 1 is 1.20 bits per heavy atom. The van der Waals surface area contributed by atoms with Gasteiger partial charge in [-0.05, 0) is 32.0 Å². The maximum atomic E-state index is 12.0. The largest absolute Gasteiger partial charge is 0.352 e. The second-order valence-corrected chi connectivity index (χ2v) is 4.59. The summed E-state index contributed by atoms with van der Waals surface area (Å²) in [5.74, 6) is -0.0944. The Morgan fingerprint density at radius 2 is 1.95 bits per heavy atom. The predicted molar refractivity (Wildman–Crippen MR) is 80.4 cm³/mol. The summed E-state index contributed by atoms with van der Waals surface area (Å²) in [4.78, 5) is 16.5. The zero-order valence-corrected chi connectivity index (χ0v) is 11.6. The molecule has 1 aromatic heterocycles. The minimum absolute atomic E-state index is 0.0944. The first kappa shape index (κ1) is 14.2. The topological polar surface area (TPSA) is 68.0 Å². The highest BCUT2D eigenvalue weighted by atomic mass is 16.1. The number of carbonyl (C=O) groups excluding carboxylic acids is 1. The molecule has 0 unspecified atom stereocenters. The lowest BCUT2D eigenvalue weighted by Gasteiger charge is -2.08. The van der Waals surface area contributed by atoms with Gasteiger partial charge in [0, 0.05) is 12.1 Å². The molecule has 1 heterocycles. The van der Waals surface area contributed by atoms with Crippen molar-refractivity contribution in [2.45, 2.75) is 13.3 Å². The van der Waals surface area contributed by atoms with E-state index >= 15 is 0 Å². The molecule has 0 atom stereocenters. The molecule has 1 amide bonds. The van der Waals surface area contributed by atoms with Gasteiger partial charge in [-0.15, -0.1) is 0 Å². The minimum Gasteiger partial charge on any atom is -0.352 e. The Labute approximate surface area is 119 Å². The van der Waals surface area contributed by atoms with Gasteiger partial charge < -0.3 is 11.1 Å². The van der Waals surface area contributed by atoms with Gasteiger partial charge in [-0.1, -0.05) is 30.3 Å². The van der Waals surface area contributed by atoms with E-state index in [4.69, 9.17) is 5.73 Å². The quantitative estimate of drug-likeness (QED) is 0.817. The van der Waals surface area contributed by atoms with Crippen molar-refractivity contribution in [3.05, 3.63) is 53.7 Å². The molecule has 0 spiro atoms. The third-order valence-electron chi connectivity index (χ3n) is 3.07. The Hall–Kier alpha value is -2.20. The Morgan fingerprint density at radius 3 is 2.60 bits per heavy atom. The zero-order chi connectivity index (χ0) is 14.4. The molecule has 2 rings (SSSR count). The predicted octanol–water partition coefficient (Wildman–Crippen LogP) is 2.14. The smallest absolute Gasteiger partial charge is 0.253 e.